The van der Waals surface area contributed by atoms with E-state index >= 15 is 0 Å². The van der Waals surface area contributed by atoms with Gasteiger partial charge in [0.2, 0.25) is 0 Å². The first-order chi connectivity index (χ1) is 19.4. The van der Waals surface area contributed by atoms with E-state index in [-0.39, 0.29) is 18.6 Å². The summed E-state index contributed by atoms with van der Waals surface area (Å²) in [6, 6.07) is 11.0. The first kappa shape index (κ1) is 31.7. The van der Waals surface area contributed by atoms with E-state index in [9.17, 15) is 23.2 Å². The Hall–Kier alpha value is -3.81. The maximum absolute atomic E-state index is 14.3. The van der Waals surface area contributed by atoms with Gasteiger partial charge in [0.25, 0.3) is 0 Å². The quantitative estimate of drug-likeness (QED) is 0.284. The molecule has 1 aliphatic carbocycles. The van der Waals surface area contributed by atoms with Crippen molar-refractivity contribution in [1.82, 2.24) is 15.1 Å². The fraction of sp³-hybridized carbons (Fsp3) is 0.464. The normalized spacial score (nSPS) is 17.0. The predicted octanol–water partition coefficient (Wildman–Crippen LogP) is 2.19. The molecular weight excluding hydrogens is 544 g/mol. The van der Waals surface area contributed by atoms with Crippen LogP contribution in [0.3, 0.4) is 0 Å². The molecule has 0 unspecified atom stereocenters. The van der Waals surface area contributed by atoms with Gasteiger partial charge in [0.15, 0.2) is 12.2 Å². The van der Waals surface area contributed by atoms with Gasteiger partial charge in [0.05, 0.1) is 12.6 Å². The maximum atomic E-state index is 14.3. The number of urea groups is 1. The van der Waals surface area contributed by atoms with Crippen molar-refractivity contribution in [2.75, 3.05) is 20.1 Å². The minimum absolute atomic E-state index is 0.00923. The van der Waals surface area contributed by atoms with E-state index in [1.165, 1.54) is 12.1 Å². The minimum Gasteiger partial charge on any atom is -0.490 e. The second-order valence-corrected chi connectivity index (χ2v) is 10.1. The van der Waals surface area contributed by atoms with Gasteiger partial charge in [-0.25, -0.2) is 23.2 Å². The number of amides is 2. The first-order valence-electron chi connectivity index (χ1n) is 13.2. The number of hydrogen-bond acceptors (Lipinski definition) is 7. The number of carbonyl (C=O) groups excluding carboxylic acids is 1. The van der Waals surface area contributed by atoms with Crippen molar-refractivity contribution >= 4 is 18.0 Å². The molecule has 2 aromatic carbocycles. The number of carboxylic acid groups (broad SMARTS) is 2. The van der Waals surface area contributed by atoms with Crippen LogP contribution in [0.5, 0.6) is 5.75 Å². The summed E-state index contributed by atoms with van der Waals surface area (Å²) in [5.74, 6) is -3.94. The van der Waals surface area contributed by atoms with Gasteiger partial charge in [-0.05, 0) is 69.6 Å². The molecule has 0 aromatic heterocycles. The first-order valence-corrected chi connectivity index (χ1v) is 13.2. The summed E-state index contributed by atoms with van der Waals surface area (Å²) in [4.78, 5) is 36.5. The third-order valence-corrected chi connectivity index (χ3v) is 6.74. The van der Waals surface area contributed by atoms with Crippen LogP contribution in [0.15, 0.2) is 42.5 Å². The molecule has 11 nitrogen and oxygen atoms in total. The summed E-state index contributed by atoms with van der Waals surface area (Å²) in [7, 11) is 2.05. The monoisotopic (exact) mass is 579 g/mol. The number of piperidine rings is 1. The van der Waals surface area contributed by atoms with Gasteiger partial charge in [0, 0.05) is 24.2 Å². The molecule has 41 heavy (non-hydrogen) atoms. The smallest absolute Gasteiger partial charge is 0.335 e. The van der Waals surface area contributed by atoms with Crippen LogP contribution in [0.1, 0.15) is 36.8 Å². The molecule has 1 saturated heterocycles. The molecule has 224 valence electrons. The van der Waals surface area contributed by atoms with Crippen LogP contribution >= 0.6 is 0 Å². The highest BCUT2D eigenvalue weighted by Crippen LogP contribution is 2.27. The van der Waals surface area contributed by atoms with E-state index in [1.807, 2.05) is 24.3 Å². The number of nitrogens with zero attached hydrogens (tertiary/aromatic N) is 2. The molecule has 2 aliphatic rings. The molecule has 2 amide bonds. The Morgan fingerprint density at radius 3 is 2.07 bits per heavy atom. The Bertz CT molecular complexity index is 1170. The second kappa shape index (κ2) is 14.7. The molecular formula is C28H35F2N3O8. The van der Waals surface area contributed by atoms with Gasteiger partial charge in [-0.2, -0.15) is 0 Å². The van der Waals surface area contributed by atoms with Crippen LogP contribution in [-0.2, 0) is 22.7 Å². The average Bonchev–Trinajstić information content (AvgIpc) is 3.76. The summed E-state index contributed by atoms with van der Waals surface area (Å²) in [5.41, 5.74) is 1.28. The second-order valence-electron chi connectivity index (χ2n) is 10.1. The van der Waals surface area contributed by atoms with Crippen molar-refractivity contribution in [2.45, 2.75) is 63.1 Å². The Labute approximate surface area is 235 Å². The molecule has 0 bridgehead atoms. The lowest BCUT2D eigenvalue weighted by Gasteiger charge is -2.37. The van der Waals surface area contributed by atoms with Gasteiger partial charge in [-0.1, -0.05) is 18.2 Å². The number of nitrogens with one attached hydrogen (secondary N) is 1. The highest BCUT2D eigenvalue weighted by Gasteiger charge is 2.30. The van der Waals surface area contributed by atoms with Crippen LogP contribution in [0.4, 0.5) is 13.6 Å². The molecule has 2 aromatic rings. The Balaban J connectivity index is 0.000000397. The number of aliphatic hydroxyl groups is 2. The number of halogens is 2. The third kappa shape index (κ3) is 9.95. The number of carbonyl (C=O) groups is 3. The summed E-state index contributed by atoms with van der Waals surface area (Å²) < 4.78 is 33.3. The highest BCUT2D eigenvalue weighted by atomic mass is 19.1. The molecule has 1 heterocycles. The number of hydrogen-bond donors (Lipinski definition) is 5. The fourth-order valence-corrected chi connectivity index (χ4v) is 4.12. The van der Waals surface area contributed by atoms with Crippen molar-refractivity contribution in [3.8, 4) is 5.75 Å². The molecule has 1 aliphatic heterocycles. The van der Waals surface area contributed by atoms with E-state index in [0.717, 1.165) is 56.2 Å². The van der Waals surface area contributed by atoms with E-state index in [0.29, 0.717) is 18.2 Å². The van der Waals surface area contributed by atoms with Crippen LogP contribution in [-0.4, -0.2) is 92.7 Å². The SMILES string of the molecule is CN1CCC(N(Cc2ccc(F)cc2F)C(=O)NCc2ccc(OC3CC3)cc2)CC1.O=C(O)[C@H](O)[C@@H](O)C(=O)O. The number of likely N-dealkylation sites (tertiary alicyclic amines) is 1. The molecule has 13 heteroatoms. The molecule has 1 saturated carbocycles. The zero-order chi connectivity index (χ0) is 30.1. The van der Waals surface area contributed by atoms with E-state index in [2.05, 4.69) is 17.3 Å². The standard InChI is InChI=1S/C24H29F2N3O2.C4H6O6/c1-28-12-10-20(11-13-28)29(16-18-4-5-19(25)14-23(18)26)24(30)27-15-17-2-6-21(7-3-17)31-22-8-9-22;5-1(3(7)8)2(6)4(9)10/h2-7,14,20,22H,8-13,15-16H2,1H3,(H,27,30);1-2,5-6H,(H,7,8)(H,9,10)/t;1-,2-/m.1/s1. The fourth-order valence-electron chi connectivity index (χ4n) is 4.12. The lowest BCUT2D eigenvalue weighted by atomic mass is 10.0. The Morgan fingerprint density at radius 2 is 1.56 bits per heavy atom. The van der Waals surface area contributed by atoms with E-state index in [1.54, 1.807) is 4.90 Å². The third-order valence-electron chi connectivity index (χ3n) is 6.74. The van der Waals surface area contributed by atoms with E-state index < -0.39 is 35.8 Å². The average molecular weight is 580 g/mol. The molecule has 4 rings (SSSR count). The number of rotatable bonds is 10. The lowest BCUT2D eigenvalue weighted by Crippen LogP contribution is -2.49. The lowest BCUT2D eigenvalue weighted by molar-refractivity contribution is -0.165. The van der Waals surface area contributed by atoms with Crippen LogP contribution in [0, 0.1) is 11.6 Å². The number of ether oxygens (including phenoxy) is 1. The summed E-state index contributed by atoms with van der Waals surface area (Å²) >= 11 is 0. The van der Waals surface area contributed by atoms with Crippen molar-refractivity contribution in [2.24, 2.45) is 0 Å². The largest absolute Gasteiger partial charge is 0.490 e. The Kier molecular flexibility index (Phi) is 11.4. The van der Waals surface area contributed by atoms with Gasteiger partial charge < -0.3 is 40.3 Å². The van der Waals surface area contributed by atoms with Crippen molar-refractivity contribution < 1.29 is 48.3 Å². The van der Waals surface area contributed by atoms with Crippen LogP contribution in [0.25, 0.3) is 0 Å². The minimum atomic E-state index is -2.27. The van der Waals surface area contributed by atoms with Gasteiger partial charge in [-0.15, -0.1) is 0 Å². The van der Waals surface area contributed by atoms with Crippen LogP contribution < -0.4 is 10.1 Å². The van der Waals surface area contributed by atoms with Crippen molar-refractivity contribution in [3.63, 3.8) is 0 Å². The van der Waals surface area contributed by atoms with Crippen molar-refractivity contribution in [1.29, 1.82) is 0 Å². The molecule has 2 atom stereocenters. The molecule has 5 N–H and O–H groups in total. The van der Waals surface area contributed by atoms with Gasteiger partial charge >= 0.3 is 18.0 Å². The van der Waals surface area contributed by atoms with Gasteiger partial charge in [-0.3, -0.25) is 0 Å². The predicted molar refractivity (Wildman–Crippen MR) is 142 cm³/mol. The van der Waals surface area contributed by atoms with Crippen molar-refractivity contribution in [3.05, 3.63) is 65.2 Å². The highest BCUT2D eigenvalue weighted by molar-refractivity contribution is 5.83. The molecule has 2 fully saturated rings. The number of benzene rings is 2. The zero-order valence-electron chi connectivity index (χ0n) is 22.6. The van der Waals surface area contributed by atoms with E-state index in [4.69, 9.17) is 25.2 Å². The summed E-state index contributed by atoms with van der Waals surface area (Å²) in [5, 5.41) is 35.5. The number of carboxylic acids is 2. The molecule has 0 radical (unpaired) electrons. The topological polar surface area (TPSA) is 160 Å². The summed E-state index contributed by atoms with van der Waals surface area (Å²) in [6.07, 6.45) is -0.325. The maximum Gasteiger partial charge on any atom is 0.335 e. The number of aliphatic hydroxyl groups excluding tert-OH is 2. The zero-order valence-corrected chi connectivity index (χ0v) is 22.6. The van der Waals surface area contributed by atoms with Gasteiger partial charge in [0.1, 0.15) is 17.4 Å². The van der Waals surface area contributed by atoms with Crippen LogP contribution in [0.2, 0.25) is 0 Å². The Morgan fingerprint density at radius 1 is 0.976 bits per heavy atom. The number of aliphatic carboxylic acids is 2. The molecule has 0 spiro atoms. The summed E-state index contributed by atoms with van der Waals surface area (Å²) in [6.45, 7) is 2.24.